The van der Waals surface area contributed by atoms with Gasteiger partial charge in [-0.15, -0.1) is 0 Å². The van der Waals surface area contributed by atoms with E-state index >= 15 is 0 Å². The Morgan fingerprint density at radius 1 is 1.73 bits per heavy atom. The number of nitrogens with zero attached hydrogens (tertiary/aromatic N) is 1. The van der Waals surface area contributed by atoms with Gasteiger partial charge in [0.15, 0.2) is 10.9 Å². The zero-order chi connectivity index (χ0) is 8.27. The molecule has 1 aromatic heterocycles. The lowest BCUT2D eigenvalue weighted by Crippen LogP contribution is -1.89. The number of ether oxygens (including phenoxy) is 1. The van der Waals surface area contributed by atoms with Gasteiger partial charge in [-0.1, -0.05) is 11.6 Å². The Morgan fingerprint density at radius 2 is 2.45 bits per heavy atom. The van der Waals surface area contributed by atoms with Crippen molar-refractivity contribution in [2.24, 2.45) is 0 Å². The van der Waals surface area contributed by atoms with Gasteiger partial charge >= 0.3 is 0 Å². The Bertz CT molecular complexity index is 250. The van der Waals surface area contributed by atoms with Crippen molar-refractivity contribution in [2.45, 2.75) is 6.42 Å². The van der Waals surface area contributed by atoms with E-state index in [4.69, 9.17) is 16.3 Å². The van der Waals surface area contributed by atoms with Crippen LogP contribution in [0.25, 0.3) is 0 Å². The molecule has 1 rings (SSSR count). The monoisotopic (exact) mass is 170 g/mol. The second-order valence-electron chi connectivity index (χ2n) is 2.09. The summed E-state index contributed by atoms with van der Waals surface area (Å²) >= 11 is 5.70. The van der Waals surface area contributed by atoms with Crippen LogP contribution in [0.2, 0.25) is 5.15 Å². The predicted molar refractivity (Wildman–Crippen MR) is 44.9 cm³/mol. The zero-order valence-corrected chi connectivity index (χ0v) is 7.06. The maximum absolute atomic E-state index is 5.70. The largest absolute Gasteiger partial charge is 0.494 e. The molecule has 0 N–H and O–H groups in total. The first-order valence-electron chi connectivity index (χ1n) is 3.25. The lowest BCUT2D eigenvalue weighted by molar-refractivity contribution is 0.412. The van der Waals surface area contributed by atoms with Gasteiger partial charge in [0.25, 0.3) is 0 Å². The highest BCUT2D eigenvalue weighted by Gasteiger charge is 2.00. The number of rotatable bonds is 2. The van der Waals surface area contributed by atoms with Crippen LogP contribution in [-0.2, 0) is 6.42 Å². The lowest BCUT2D eigenvalue weighted by Gasteiger charge is -2.02. The second kappa shape index (κ2) is 3.58. The molecule has 0 spiro atoms. The number of hydrogen-bond acceptors (Lipinski definition) is 2. The van der Waals surface area contributed by atoms with E-state index in [0.717, 1.165) is 5.56 Å². The van der Waals surface area contributed by atoms with Crippen LogP contribution < -0.4 is 4.74 Å². The molecule has 3 heteroatoms. The molecule has 1 heterocycles. The average Bonchev–Trinajstić information content (AvgIpc) is 2.05. The first-order valence-corrected chi connectivity index (χ1v) is 3.63. The summed E-state index contributed by atoms with van der Waals surface area (Å²) in [5.41, 5.74) is 1.02. The summed E-state index contributed by atoms with van der Waals surface area (Å²) in [6.07, 6.45) is 2.39. The Hall–Kier alpha value is -0.760. The topological polar surface area (TPSA) is 22.1 Å². The van der Waals surface area contributed by atoms with Crippen molar-refractivity contribution in [3.8, 4) is 5.75 Å². The summed E-state index contributed by atoms with van der Waals surface area (Å²) in [4.78, 5) is 3.92. The summed E-state index contributed by atoms with van der Waals surface area (Å²) in [7, 11) is 1.57. The number of hydrogen-bond donors (Lipinski definition) is 0. The van der Waals surface area contributed by atoms with Gasteiger partial charge in [0.1, 0.15) is 0 Å². The molecule has 0 fully saturated rings. The quantitative estimate of drug-likeness (QED) is 0.635. The van der Waals surface area contributed by atoms with Crippen molar-refractivity contribution < 1.29 is 4.74 Å². The van der Waals surface area contributed by atoms with Gasteiger partial charge in [-0.05, 0) is 25.0 Å². The van der Waals surface area contributed by atoms with Gasteiger partial charge in [-0.2, -0.15) is 0 Å². The molecule has 0 aromatic carbocycles. The fourth-order valence-electron chi connectivity index (χ4n) is 0.748. The summed E-state index contributed by atoms with van der Waals surface area (Å²) in [6, 6.07) is 1.84. The molecule has 0 bridgehead atoms. The molecule has 0 amide bonds. The first-order chi connectivity index (χ1) is 5.27. The Kier molecular flexibility index (Phi) is 2.71. The molecule has 0 saturated carbocycles. The van der Waals surface area contributed by atoms with Crippen molar-refractivity contribution in [3.05, 3.63) is 29.9 Å². The van der Waals surface area contributed by atoms with Crippen LogP contribution in [0.1, 0.15) is 5.56 Å². The highest BCUT2D eigenvalue weighted by Crippen LogP contribution is 2.21. The van der Waals surface area contributed by atoms with Gasteiger partial charge in [-0.25, -0.2) is 4.98 Å². The standard InChI is InChI=1S/C8H9ClNO/c1-3-6-4-7(11-2)8(9)10-5-6/h4-5H,1,3H2,2H3. The summed E-state index contributed by atoms with van der Waals surface area (Å²) in [6.45, 7) is 3.72. The molecule has 0 saturated heterocycles. The summed E-state index contributed by atoms with van der Waals surface area (Å²) in [5, 5.41) is 0.393. The minimum atomic E-state index is 0.393. The van der Waals surface area contributed by atoms with Crippen LogP contribution in [0.3, 0.4) is 0 Å². The van der Waals surface area contributed by atoms with Gasteiger partial charge in [0.05, 0.1) is 7.11 Å². The van der Waals surface area contributed by atoms with E-state index in [9.17, 15) is 0 Å². The molecule has 0 aliphatic heterocycles. The van der Waals surface area contributed by atoms with Crippen molar-refractivity contribution in [1.29, 1.82) is 0 Å². The van der Waals surface area contributed by atoms with E-state index in [-0.39, 0.29) is 0 Å². The summed E-state index contributed by atoms with van der Waals surface area (Å²) < 4.78 is 4.97. The third-order valence-electron chi connectivity index (χ3n) is 1.37. The summed E-state index contributed by atoms with van der Waals surface area (Å²) in [5.74, 6) is 0.604. The normalized spacial score (nSPS) is 9.73. The Labute approximate surface area is 71.2 Å². The molecule has 2 nitrogen and oxygen atoms in total. The fraction of sp³-hybridized carbons (Fsp3) is 0.250. The van der Waals surface area contributed by atoms with Crippen LogP contribution in [-0.4, -0.2) is 12.1 Å². The van der Waals surface area contributed by atoms with Crippen molar-refractivity contribution in [1.82, 2.24) is 4.98 Å². The van der Waals surface area contributed by atoms with Crippen LogP contribution in [0.4, 0.5) is 0 Å². The maximum atomic E-state index is 5.70. The molecular formula is C8H9ClNO. The minimum Gasteiger partial charge on any atom is -0.494 e. The highest BCUT2D eigenvalue weighted by atomic mass is 35.5. The fourth-order valence-corrected chi connectivity index (χ4v) is 0.929. The predicted octanol–water partition coefficient (Wildman–Crippen LogP) is 2.12. The van der Waals surface area contributed by atoms with Crippen LogP contribution in [0.15, 0.2) is 12.3 Å². The number of halogens is 1. The number of aromatic nitrogens is 1. The van der Waals surface area contributed by atoms with Crippen molar-refractivity contribution in [2.75, 3.05) is 7.11 Å². The smallest absolute Gasteiger partial charge is 0.171 e. The second-order valence-corrected chi connectivity index (χ2v) is 2.44. The van der Waals surface area contributed by atoms with Crippen LogP contribution in [0, 0.1) is 6.92 Å². The Morgan fingerprint density at radius 3 is 3.00 bits per heavy atom. The highest BCUT2D eigenvalue weighted by molar-refractivity contribution is 6.30. The molecular weight excluding hydrogens is 162 g/mol. The molecule has 0 unspecified atom stereocenters. The van der Waals surface area contributed by atoms with E-state index in [0.29, 0.717) is 17.3 Å². The minimum absolute atomic E-state index is 0.393. The van der Waals surface area contributed by atoms with Crippen molar-refractivity contribution in [3.63, 3.8) is 0 Å². The molecule has 0 aliphatic carbocycles. The molecule has 11 heavy (non-hydrogen) atoms. The SMILES string of the molecule is [CH2]Cc1cnc(Cl)c(OC)c1. The van der Waals surface area contributed by atoms with E-state index in [2.05, 4.69) is 11.9 Å². The maximum Gasteiger partial charge on any atom is 0.171 e. The van der Waals surface area contributed by atoms with Crippen LogP contribution in [0.5, 0.6) is 5.75 Å². The van der Waals surface area contributed by atoms with E-state index in [1.165, 1.54) is 0 Å². The first kappa shape index (κ1) is 8.34. The zero-order valence-electron chi connectivity index (χ0n) is 6.30. The third kappa shape index (κ3) is 1.84. The van der Waals surface area contributed by atoms with Gasteiger partial charge < -0.3 is 4.74 Å². The van der Waals surface area contributed by atoms with E-state index in [1.807, 2.05) is 6.07 Å². The van der Waals surface area contributed by atoms with E-state index in [1.54, 1.807) is 13.3 Å². The molecule has 1 aromatic rings. The van der Waals surface area contributed by atoms with Crippen LogP contribution >= 0.6 is 11.6 Å². The molecule has 0 aliphatic rings. The number of methoxy groups -OCH3 is 1. The Balaban J connectivity index is 3.02. The molecule has 0 atom stereocenters. The molecule has 1 radical (unpaired) electrons. The van der Waals surface area contributed by atoms with Gasteiger partial charge in [0.2, 0.25) is 0 Å². The lowest BCUT2D eigenvalue weighted by atomic mass is 10.2. The molecule has 59 valence electrons. The van der Waals surface area contributed by atoms with Gasteiger partial charge in [-0.3, -0.25) is 0 Å². The van der Waals surface area contributed by atoms with Gasteiger partial charge in [0, 0.05) is 6.20 Å². The van der Waals surface area contributed by atoms with Crippen molar-refractivity contribution >= 4 is 11.6 Å². The number of pyridine rings is 1. The average molecular weight is 171 g/mol. The third-order valence-corrected chi connectivity index (χ3v) is 1.66. The van der Waals surface area contributed by atoms with E-state index < -0.39 is 0 Å².